The van der Waals surface area contributed by atoms with E-state index in [2.05, 4.69) is 10.3 Å². The van der Waals surface area contributed by atoms with Gasteiger partial charge in [0, 0.05) is 37.6 Å². The van der Waals surface area contributed by atoms with E-state index in [0.29, 0.717) is 0 Å². The van der Waals surface area contributed by atoms with Crippen LogP contribution in [0.5, 0.6) is 0 Å². The van der Waals surface area contributed by atoms with E-state index >= 15 is 0 Å². The smallest absolute Gasteiger partial charge is 0.0946 e. The molecule has 1 heterocycles. The molecule has 0 radical (unpaired) electrons. The van der Waals surface area contributed by atoms with Crippen LogP contribution in [0.1, 0.15) is 6.92 Å². The Morgan fingerprint density at radius 3 is 3.15 bits per heavy atom. The minimum atomic E-state index is 0.845. The van der Waals surface area contributed by atoms with Gasteiger partial charge in [0.05, 0.1) is 6.33 Å². The van der Waals surface area contributed by atoms with Gasteiger partial charge in [-0.05, 0) is 12.5 Å². The molecule has 0 amide bonds. The number of nitrogens with one attached hydrogen (secondary N) is 1. The molecule has 4 heteroatoms. The molecule has 13 heavy (non-hydrogen) atoms. The monoisotopic (exact) mass is 199 g/mol. The number of halogens is 1. The molecule has 0 fully saturated rings. The third-order valence-corrected chi connectivity index (χ3v) is 2.07. The number of hydrogen-bond acceptors (Lipinski definition) is 2. The first-order chi connectivity index (χ1) is 6.33. The Labute approximate surface area is 83.4 Å². The Morgan fingerprint density at radius 2 is 2.54 bits per heavy atom. The fraction of sp³-hybridized carbons (Fsp3) is 0.444. The highest BCUT2D eigenvalue weighted by molar-refractivity contribution is 6.25. The summed E-state index contributed by atoms with van der Waals surface area (Å²) in [5, 5.41) is 3.27. The average Bonchev–Trinajstić information content (AvgIpc) is 2.64. The van der Waals surface area contributed by atoms with E-state index in [4.69, 9.17) is 11.6 Å². The van der Waals surface area contributed by atoms with Crippen LogP contribution in [-0.2, 0) is 6.54 Å². The van der Waals surface area contributed by atoms with Gasteiger partial charge in [-0.15, -0.1) is 0 Å². The van der Waals surface area contributed by atoms with Gasteiger partial charge in [-0.25, -0.2) is 4.98 Å². The predicted octanol–water partition coefficient (Wildman–Crippen LogP) is 1.62. The second kappa shape index (κ2) is 5.78. The molecule has 0 atom stereocenters. The van der Waals surface area contributed by atoms with Gasteiger partial charge in [-0.3, -0.25) is 0 Å². The third kappa shape index (κ3) is 4.10. The molecule has 0 saturated heterocycles. The molecule has 3 nitrogen and oxygen atoms in total. The molecule has 0 aliphatic rings. The number of imidazole rings is 1. The molecule has 1 aromatic heterocycles. The Kier molecular flexibility index (Phi) is 4.57. The van der Waals surface area contributed by atoms with Gasteiger partial charge in [-0.2, -0.15) is 0 Å². The van der Waals surface area contributed by atoms with Gasteiger partial charge < -0.3 is 9.88 Å². The van der Waals surface area contributed by atoms with Crippen LogP contribution in [0.3, 0.4) is 0 Å². The lowest BCUT2D eigenvalue weighted by molar-refractivity contribution is 0.619. The number of nitrogens with zero attached hydrogens (tertiary/aromatic N) is 2. The fourth-order valence-corrected chi connectivity index (χ4v) is 1.03. The summed E-state index contributed by atoms with van der Waals surface area (Å²) in [6, 6.07) is 0. The Hall–Kier alpha value is -0.800. The predicted molar refractivity (Wildman–Crippen MR) is 54.7 cm³/mol. The zero-order valence-electron chi connectivity index (χ0n) is 7.70. The molecule has 0 aliphatic carbocycles. The SMILES string of the molecule is C/C(=C/Cl)CNCCn1ccnc1. The summed E-state index contributed by atoms with van der Waals surface area (Å²) in [5.41, 5.74) is 2.75. The minimum Gasteiger partial charge on any atom is -0.336 e. The first kappa shape index (κ1) is 10.3. The van der Waals surface area contributed by atoms with E-state index in [9.17, 15) is 0 Å². The van der Waals surface area contributed by atoms with E-state index in [1.165, 1.54) is 0 Å². The van der Waals surface area contributed by atoms with Gasteiger partial charge in [-0.1, -0.05) is 11.6 Å². The number of rotatable bonds is 5. The van der Waals surface area contributed by atoms with Crippen LogP contribution >= 0.6 is 11.6 Å². The molecule has 0 spiro atoms. The first-order valence-electron chi connectivity index (χ1n) is 4.25. The largest absolute Gasteiger partial charge is 0.336 e. The topological polar surface area (TPSA) is 29.9 Å². The zero-order valence-corrected chi connectivity index (χ0v) is 8.46. The van der Waals surface area contributed by atoms with Crippen molar-refractivity contribution in [1.82, 2.24) is 14.9 Å². The Balaban J connectivity index is 2.08. The Morgan fingerprint density at radius 1 is 1.69 bits per heavy atom. The second-order valence-corrected chi connectivity index (χ2v) is 3.15. The molecule has 0 bridgehead atoms. The maximum Gasteiger partial charge on any atom is 0.0946 e. The van der Waals surface area contributed by atoms with Crippen molar-refractivity contribution in [1.29, 1.82) is 0 Å². The molecule has 0 aromatic carbocycles. The van der Waals surface area contributed by atoms with E-state index in [1.807, 2.05) is 24.0 Å². The lowest BCUT2D eigenvalue weighted by Crippen LogP contribution is -2.21. The molecule has 0 unspecified atom stereocenters. The van der Waals surface area contributed by atoms with Crippen molar-refractivity contribution in [3.05, 3.63) is 29.8 Å². The maximum absolute atomic E-state index is 5.51. The minimum absolute atomic E-state index is 0.845. The Bertz CT molecular complexity index is 254. The van der Waals surface area contributed by atoms with Crippen LogP contribution in [0, 0.1) is 0 Å². The van der Waals surface area contributed by atoms with Gasteiger partial charge >= 0.3 is 0 Å². The highest BCUT2D eigenvalue weighted by Crippen LogP contribution is 1.91. The summed E-state index contributed by atoms with van der Waals surface area (Å²) >= 11 is 5.51. The van der Waals surface area contributed by atoms with Crippen LogP contribution in [0.15, 0.2) is 29.8 Å². The van der Waals surface area contributed by atoms with Gasteiger partial charge in [0.15, 0.2) is 0 Å². The maximum atomic E-state index is 5.51. The quantitative estimate of drug-likeness (QED) is 0.731. The van der Waals surface area contributed by atoms with Crippen LogP contribution in [0.2, 0.25) is 0 Å². The van der Waals surface area contributed by atoms with Crippen molar-refractivity contribution >= 4 is 11.6 Å². The van der Waals surface area contributed by atoms with Crippen molar-refractivity contribution in [3.63, 3.8) is 0 Å². The normalized spacial score (nSPS) is 12.0. The summed E-state index contributed by atoms with van der Waals surface area (Å²) < 4.78 is 2.03. The molecule has 0 saturated carbocycles. The zero-order chi connectivity index (χ0) is 9.52. The lowest BCUT2D eigenvalue weighted by Gasteiger charge is -2.04. The van der Waals surface area contributed by atoms with Crippen molar-refractivity contribution in [3.8, 4) is 0 Å². The molecular formula is C9H14ClN3. The molecule has 0 aliphatic heterocycles. The van der Waals surface area contributed by atoms with Crippen LogP contribution < -0.4 is 5.32 Å². The van der Waals surface area contributed by atoms with Crippen LogP contribution in [0.4, 0.5) is 0 Å². The summed E-state index contributed by atoms with van der Waals surface area (Å²) in [6.07, 6.45) is 5.54. The van der Waals surface area contributed by atoms with Gasteiger partial charge in [0.25, 0.3) is 0 Å². The number of aromatic nitrogens is 2. The fourth-order valence-electron chi connectivity index (χ4n) is 0.951. The molecule has 72 valence electrons. The first-order valence-corrected chi connectivity index (χ1v) is 4.69. The van der Waals surface area contributed by atoms with E-state index in [1.54, 1.807) is 11.7 Å². The van der Waals surface area contributed by atoms with Crippen molar-refractivity contribution < 1.29 is 0 Å². The lowest BCUT2D eigenvalue weighted by atomic mass is 10.3. The summed E-state index contributed by atoms with van der Waals surface area (Å²) in [7, 11) is 0. The molecule has 1 rings (SSSR count). The standard InChI is InChI=1S/C9H14ClN3/c1-9(6-10)7-11-2-4-13-5-3-12-8-13/h3,5-6,8,11H,2,4,7H2,1H3/b9-6-. The average molecular weight is 200 g/mol. The van der Waals surface area contributed by atoms with Crippen molar-refractivity contribution in [2.75, 3.05) is 13.1 Å². The van der Waals surface area contributed by atoms with E-state index in [0.717, 1.165) is 25.2 Å². The van der Waals surface area contributed by atoms with Crippen LogP contribution in [-0.4, -0.2) is 22.6 Å². The van der Waals surface area contributed by atoms with E-state index < -0.39 is 0 Å². The van der Waals surface area contributed by atoms with Crippen molar-refractivity contribution in [2.45, 2.75) is 13.5 Å². The number of hydrogen-bond donors (Lipinski definition) is 1. The third-order valence-electron chi connectivity index (χ3n) is 1.70. The van der Waals surface area contributed by atoms with E-state index in [-0.39, 0.29) is 0 Å². The summed E-state index contributed by atoms with van der Waals surface area (Å²) in [4.78, 5) is 3.95. The van der Waals surface area contributed by atoms with Crippen molar-refractivity contribution in [2.24, 2.45) is 0 Å². The summed E-state index contributed by atoms with van der Waals surface area (Å²) in [5.74, 6) is 0. The molecule has 1 N–H and O–H groups in total. The second-order valence-electron chi connectivity index (χ2n) is 2.93. The highest BCUT2D eigenvalue weighted by atomic mass is 35.5. The van der Waals surface area contributed by atoms with Gasteiger partial charge in [0.2, 0.25) is 0 Å². The van der Waals surface area contributed by atoms with Gasteiger partial charge in [0.1, 0.15) is 0 Å². The molecule has 1 aromatic rings. The molecular weight excluding hydrogens is 186 g/mol. The summed E-state index contributed by atoms with van der Waals surface area (Å²) in [6.45, 7) is 4.71. The van der Waals surface area contributed by atoms with Crippen LogP contribution in [0.25, 0.3) is 0 Å². The highest BCUT2D eigenvalue weighted by Gasteiger charge is 1.90.